The minimum absolute atomic E-state index is 0.0434. The molecular formula is C13H24N2OS. The van der Waals surface area contributed by atoms with E-state index in [1.807, 2.05) is 11.8 Å². The minimum atomic E-state index is 0.0434. The number of nitrogens with one attached hydrogen (secondary N) is 2. The smallest absolute Gasteiger partial charge is 0.237 e. The number of hydrogen-bond donors (Lipinski definition) is 2. The van der Waals surface area contributed by atoms with Crippen molar-refractivity contribution in [1.29, 1.82) is 0 Å². The van der Waals surface area contributed by atoms with E-state index in [9.17, 15) is 4.79 Å². The molecule has 4 atom stereocenters. The van der Waals surface area contributed by atoms with Gasteiger partial charge in [0.05, 0.1) is 6.04 Å². The van der Waals surface area contributed by atoms with Crippen molar-refractivity contribution < 1.29 is 4.79 Å². The van der Waals surface area contributed by atoms with Crippen LogP contribution in [0.15, 0.2) is 0 Å². The maximum Gasteiger partial charge on any atom is 0.237 e. The van der Waals surface area contributed by atoms with Gasteiger partial charge in [0, 0.05) is 11.3 Å². The van der Waals surface area contributed by atoms with E-state index in [0.29, 0.717) is 17.2 Å². The van der Waals surface area contributed by atoms with Gasteiger partial charge in [-0.2, -0.15) is 11.8 Å². The minimum Gasteiger partial charge on any atom is -0.351 e. The van der Waals surface area contributed by atoms with Crippen molar-refractivity contribution in [2.45, 2.75) is 56.4 Å². The predicted octanol–water partition coefficient (Wildman–Crippen LogP) is 1.77. The molecule has 2 rings (SSSR count). The molecule has 4 unspecified atom stereocenters. The SMILES string of the molecule is CSC1CCCC1NC(=O)C1CC(C)CCN1. The van der Waals surface area contributed by atoms with Crippen molar-refractivity contribution in [3.63, 3.8) is 0 Å². The molecule has 2 N–H and O–H groups in total. The van der Waals surface area contributed by atoms with Gasteiger partial charge < -0.3 is 10.6 Å². The second kappa shape index (κ2) is 6.10. The lowest BCUT2D eigenvalue weighted by Gasteiger charge is -2.29. The van der Waals surface area contributed by atoms with Crippen molar-refractivity contribution in [1.82, 2.24) is 10.6 Å². The molecule has 1 amide bonds. The molecule has 0 aromatic heterocycles. The monoisotopic (exact) mass is 256 g/mol. The average Bonchev–Trinajstić information content (AvgIpc) is 2.76. The Balaban J connectivity index is 1.83. The highest BCUT2D eigenvalue weighted by atomic mass is 32.2. The zero-order valence-electron chi connectivity index (χ0n) is 10.9. The highest BCUT2D eigenvalue weighted by Crippen LogP contribution is 2.28. The van der Waals surface area contributed by atoms with Gasteiger partial charge >= 0.3 is 0 Å². The fourth-order valence-electron chi connectivity index (χ4n) is 2.96. The van der Waals surface area contributed by atoms with Gasteiger partial charge in [-0.05, 0) is 44.4 Å². The topological polar surface area (TPSA) is 41.1 Å². The molecule has 1 aliphatic heterocycles. The van der Waals surface area contributed by atoms with Gasteiger partial charge in [0.15, 0.2) is 0 Å². The largest absolute Gasteiger partial charge is 0.351 e. The molecule has 0 radical (unpaired) electrons. The van der Waals surface area contributed by atoms with Crippen LogP contribution in [0.2, 0.25) is 0 Å². The number of thioether (sulfide) groups is 1. The second-order valence-electron chi connectivity index (χ2n) is 5.46. The molecular weight excluding hydrogens is 232 g/mol. The molecule has 0 bridgehead atoms. The normalized spacial score (nSPS) is 38.0. The van der Waals surface area contributed by atoms with Crippen molar-refractivity contribution >= 4 is 17.7 Å². The van der Waals surface area contributed by atoms with Gasteiger partial charge in [0.2, 0.25) is 5.91 Å². The summed E-state index contributed by atoms with van der Waals surface area (Å²) in [5.41, 5.74) is 0. The highest BCUT2D eigenvalue weighted by Gasteiger charge is 2.31. The van der Waals surface area contributed by atoms with Crippen LogP contribution in [-0.4, -0.2) is 36.0 Å². The van der Waals surface area contributed by atoms with E-state index in [0.717, 1.165) is 19.4 Å². The van der Waals surface area contributed by atoms with Crippen LogP contribution in [0.1, 0.15) is 39.0 Å². The zero-order chi connectivity index (χ0) is 12.3. The lowest BCUT2D eigenvalue weighted by Crippen LogP contribution is -2.52. The average molecular weight is 256 g/mol. The molecule has 1 heterocycles. The van der Waals surface area contributed by atoms with Gasteiger partial charge in [-0.1, -0.05) is 13.3 Å². The fourth-order valence-corrected chi connectivity index (χ4v) is 3.90. The molecule has 1 aliphatic carbocycles. The summed E-state index contributed by atoms with van der Waals surface area (Å²) in [7, 11) is 0. The molecule has 0 aromatic carbocycles. The van der Waals surface area contributed by atoms with E-state index in [1.54, 1.807) is 0 Å². The van der Waals surface area contributed by atoms with E-state index in [4.69, 9.17) is 0 Å². The number of hydrogen-bond acceptors (Lipinski definition) is 3. The van der Waals surface area contributed by atoms with E-state index in [1.165, 1.54) is 19.3 Å². The Morgan fingerprint density at radius 2 is 2.18 bits per heavy atom. The Morgan fingerprint density at radius 3 is 2.88 bits per heavy atom. The van der Waals surface area contributed by atoms with E-state index < -0.39 is 0 Å². The lowest BCUT2D eigenvalue weighted by atomic mass is 9.94. The van der Waals surface area contributed by atoms with Gasteiger partial charge in [-0.3, -0.25) is 4.79 Å². The second-order valence-corrected chi connectivity index (χ2v) is 6.53. The van der Waals surface area contributed by atoms with Gasteiger partial charge in [0.1, 0.15) is 0 Å². The summed E-state index contributed by atoms with van der Waals surface area (Å²) in [5.74, 6) is 0.898. The molecule has 2 aliphatic rings. The highest BCUT2D eigenvalue weighted by molar-refractivity contribution is 7.99. The van der Waals surface area contributed by atoms with Gasteiger partial charge in [-0.25, -0.2) is 0 Å². The first kappa shape index (κ1) is 13.2. The van der Waals surface area contributed by atoms with Crippen molar-refractivity contribution in [2.24, 2.45) is 5.92 Å². The van der Waals surface area contributed by atoms with Crippen LogP contribution in [0.25, 0.3) is 0 Å². The lowest BCUT2D eigenvalue weighted by molar-refractivity contribution is -0.124. The number of carbonyl (C=O) groups excluding carboxylic acids is 1. The first-order valence-electron chi connectivity index (χ1n) is 6.77. The summed E-state index contributed by atoms with van der Waals surface area (Å²) < 4.78 is 0. The first-order valence-corrected chi connectivity index (χ1v) is 8.06. The molecule has 2 fully saturated rings. The Labute approximate surface area is 108 Å². The van der Waals surface area contributed by atoms with E-state index in [-0.39, 0.29) is 11.9 Å². The van der Waals surface area contributed by atoms with Crippen molar-refractivity contribution in [3.05, 3.63) is 0 Å². The van der Waals surface area contributed by atoms with Crippen LogP contribution < -0.4 is 10.6 Å². The summed E-state index contributed by atoms with van der Waals surface area (Å²) in [6.07, 6.45) is 7.99. The Hall–Kier alpha value is -0.220. The number of rotatable bonds is 3. The third-order valence-corrected chi connectivity index (χ3v) is 5.24. The molecule has 0 spiro atoms. The van der Waals surface area contributed by atoms with E-state index in [2.05, 4.69) is 23.8 Å². The Kier molecular flexibility index (Phi) is 4.74. The summed E-state index contributed by atoms with van der Waals surface area (Å²) in [6.45, 7) is 3.22. The number of carbonyl (C=O) groups is 1. The Morgan fingerprint density at radius 1 is 1.35 bits per heavy atom. The van der Waals surface area contributed by atoms with Crippen LogP contribution in [0, 0.1) is 5.92 Å². The number of piperidine rings is 1. The van der Waals surface area contributed by atoms with Crippen molar-refractivity contribution in [2.75, 3.05) is 12.8 Å². The van der Waals surface area contributed by atoms with Crippen LogP contribution in [0.3, 0.4) is 0 Å². The van der Waals surface area contributed by atoms with E-state index >= 15 is 0 Å². The molecule has 4 heteroatoms. The van der Waals surface area contributed by atoms with Crippen LogP contribution in [-0.2, 0) is 4.79 Å². The molecule has 3 nitrogen and oxygen atoms in total. The van der Waals surface area contributed by atoms with Crippen LogP contribution in [0.4, 0.5) is 0 Å². The standard InChI is InChI=1S/C13H24N2OS/c1-9-6-7-14-11(8-9)13(16)15-10-4-3-5-12(10)17-2/h9-12,14H,3-8H2,1-2H3,(H,15,16). The molecule has 1 saturated carbocycles. The molecule has 17 heavy (non-hydrogen) atoms. The zero-order valence-corrected chi connectivity index (χ0v) is 11.7. The Bertz CT molecular complexity index is 272. The van der Waals surface area contributed by atoms with Gasteiger partial charge in [-0.15, -0.1) is 0 Å². The van der Waals surface area contributed by atoms with Crippen molar-refractivity contribution in [3.8, 4) is 0 Å². The first-order chi connectivity index (χ1) is 8.20. The molecule has 98 valence electrons. The predicted molar refractivity (Wildman–Crippen MR) is 73.3 cm³/mol. The molecule has 0 aromatic rings. The summed E-state index contributed by atoms with van der Waals surface area (Å²) in [4.78, 5) is 12.2. The number of amides is 1. The van der Waals surface area contributed by atoms with Gasteiger partial charge in [0.25, 0.3) is 0 Å². The maximum absolute atomic E-state index is 12.2. The summed E-state index contributed by atoms with van der Waals surface area (Å²) in [6, 6.07) is 0.443. The molecule has 1 saturated heterocycles. The third kappa shape index (κ3) is 3.38. The maximum atomic E-state index is 12.2. The quantitative estimate of drug-likeness (QED) is 0.808. The van der Waals surface area contributed by atoms with Crippen LogP contribution >= 0.6 is 11.8 Å². The summed E-state index contributed by atoms with van der Waals surface area (Å²) >= 11 is 1.89. The fraction of sp³-hybridized carbons (Fsp3) is 0.923. The van der Waals surface area contributed by atoms with Crippen LogP contribution in [0.5, 0.6) is 0 Å². The third-order valence-electron chi connectivity index (χ3n) is 4.07. The summed E-state index contributed by atoms with van der Waals surface area (Å²) in [5, 5.41) is 7.21.